The SMILES string of the molecule is CC(C)c1ccc(N(c2ccc3c(ccc4c5ccc6c7ccc8cc(N(c9ccc(C(C)C)cc9)c9cccc%10ccccc9%10)ccc8c7oc6c5oc34)c2)c2cccc3ccccc23)cc1. The van der Waals surface area contributed by atoms with Gasteiger partial charge in [0.15, 0.2) is 11.2 Å². The number of fused-ring (bicyclic) bond motifs is 13. The summed E-state index contributed by atoms with van der Waals surface area (Å²) in [6.45, 7) is 8.97. The van der Waals surface area contributed by atoms with Gasteiger partial charge in [-0.15, -0.1) is 0 Å². The van der Waals surface area contributed by atoms with E-state index in [-0.39, 0.29) is 0 Å². The molecule has 68 heavy (non-hydrogen) atoms. The third-order valence-electron chi connectivity index (χ3n) is 14.2. The van der Waals surface area contributed by atoms with Crippen LogP contribution in [0.2, 0.25) is 0 Å². The standard InChI is InChI=1S/C64H48N2O2/c1-39(2)41-19-25-47(26-20-41)65(59-17-9-13-43-11-5-7-15-51(43)59)49-29-33-53-45(37-49)23-31-55-57-35-36-58-56-32-24-46-38-50(30-34-54(46)62(56)68-64(58)63(57)67-61(53)55)66(48-27-21-42(22-28-48)40(3)4)60-18-10-14-44-12-6-8-16-52(44)60/h5-40H,1-4H3. The summed E-state index contributed by atoms with van der Waals surface area (Å²) in [7, 11) is 0. The van der Waals surface area contributed by atoms with Crippen LogP contribution in [0.15, 0.2) is 215 Å². The van der Waals surface area contributed by atoms with Crippen LogP contribution in [0.1, 0.15) is 50.7 Å². The number of hydrogen-bond acceptors (Lipinski definition) is 4. The lowest BCUT2D eigenvalue weighted by Gasteiger charge is -2.27. The van der Waals surface area contributed by atoms with Crippen LogP contribution < -0.4 is 9.80 Å². The first-order valence-electron chi connectivity index (χ1n) is 23.8. The maximum absolute atomic E-state index is 6.98. The molecule has 4 heteroatoms. The monoisotopic (exact) mass is 876 g/mol. The fraction of sp³-hybridized carbons (Fsp3) is 0.0938. The summed E-state index contributed by atoms with van der Waals surface area (Å²) in [5.74, 6) is 0.903. The highest BCUT2D eigenvalue weighted by Gasteiger charge is 2.22. The van der Waals surface area contributed by atoms with E-state index in [9.17, 15) is 0 Å². The molecule has 13 rings (SSSR count). The third-order valence-corrected chi connectivity index (χ3v) is 14.2. The molecule has 0 aliphatic carbocycles. The summed E-state index contributed by atoms with van der Waals surface area (Å²) >= 11 is 0. The van der Waals surface area contributed by atoms with Crippen molar-refractivity contribution >= 4 is 121 Å². The van der Waals surface area contributed by atoms with Gasteiger partial charge in [-0.2, -0.15) is 0 Å². The first-order valence-corrected chi connectivity index (χ1v) is 23.8. The highest BCUT2D eigenvalue weighted by Crippen LogP contribution is 2.46. The van der Waals surface area contributed by atoms with Crippen molar-refractivity contribution in [1.82, 2.24) is 0 Å². The quantitative estimate of drug-likeness (QED) is 0.152. The van der Waals surface area contributed by atoms with Gasteiger partial charge in [0.1, 0.15) is 11.2 Å². The minimum atomic E-state index is 0.451. The number of rotatable bonds is 8. The molecule has 0 saturated heterocycles. The molecule has 0 atom stereocenters. The van der Waals surface area contributed by atoms with E-state index in [0.29, 0.717) is 11.8 Å². The lowest BCUT2D eigenvalue weighted by atomic mass is 10.0. The third kappa shape index (κ3) is 6.36. The van der Waals surface area contributed by atoms with Crippen molar-refractivity contribution in [3.05, 3.63) is 217 Å². The van der Waals surface area contributed by atoms with Gasteiger partial charge in [0.2, 0.25) is 0 Å². The van der Waals surface area contributed by atoms with Crippen molar-refractivity contribution in [2.75, 3.05) is 9.80 Å². The van der Waals surface area contributed by atoms with Gasteiger partial charge in [-0.25, -0.2) is 0 Å². The Labute approximate surface area is 394 Å². The van der Waals surface area contributed by atoms with Crippen LogP contribution in [0.5, 0.6) is 0 Å². The van der Waals surface area contributed by atoms with Crippen LogP contribution in [0.4, 0.5) is 34.1 Å². The van der Waals surface area contributed by atoms with Crippen LogP contribution in [0, 0.1) is 0 Å². The second-order valence-electron chi connectivity index (χ2n) is 18.9. The van der Waals surface area contributed by atoms with Crippen molar-refractivity contribution in [2.24, 2.45) is 0 Å². The smallest absolute Gasteiger partial charge is 0.178 e. The topological polar surface area (TPSA) is 32.8 Å². The number of furan rings is 2. The average Bonchev–Trinajstić information content (AvgIpc) is 3.96. The van der Waals surface area contributed by atoms with Crippen LogP contribution >= 0.6 is 0 Å². The van der Waals surface area contributed by atoms with E-state index in [4.69, 9.17) is 8.83 Å². The lowest BCUT2D eigenvalue weighted by Crippen LogP contribution is -2.10. The summed E-state index contributed by atoms with van der Waals surface area (Å²) < 4.78 is 14.0. The Morgan fingerprint density at radius 1 is 0.279 bits per heavy atom. The van der Waals surface area contributed by atoms with E-state index in [0.717, 1.165) is 99.5 Å². The zero-order valence-corrected chi connectivity index (χ0v) is 38.5. The van der Waals surface area contributed by atoms with Gasteiger partial charge < -0.3 is 18.6 Å². The molecule has 0 bridgehead atoms. The Kier molecular flexibility index (Phi) is 9.20. The Morgan fingerprint density at radius 2 is 0.632 bits per heavy atom. The van der Waals surface area contributed by atoms with Crippen LogP contribution in [0.3, 0.4) is 0 Å². The molecule has 0 aliphatic heterocycles. The molecule has 0 amide bonds. The second kappa shape index (κ2) is 15.6. The Balaban J connectivity index is 0.933. The molecule has 2 aromatic heterocycles. The molecule has 0 spiro atoms. The van der Waals surface area contributed by atoms with Crippen molar-refractivity contribution in [1.29, 1.82) is 0 Å². The highest BCUT2D eigenvalue weighted by molar-refractivity contribution is 6.24. The molecule has 0 unspecified atom stereocenters. The molecule has 0 aliphatic rings. The molecule has 2 heterocycles. The first-order chi connectivity index (χ1) is 33.4. The van der Waals surface area contributed by atoms with E-state index in [2.05, 4.69) is 244 Å². The number of hydrogen-bond donors (Lipinski definition) is 0. The lowest BCUT2D eigenvalue weighted by molar-refractivity contribution is 0.637. The van der Waals surface area contributed by atoms with Crippen LogP contribution in [0.25, 0.3) is 87.0 Å². The van der Waals surface area contributed by atoms with Gasteiger partial charge in [-0.3, -0.25) is 0 Å². The second-order valence-corrected chi connectivity index (χ2v) is 18.9. The van der Waals surface area contributed by atoms with Gasteiger partial charge in [-0.05, 0) is 142 Å². The zero-order chi connectivity index (χ0) is 45.6. The summed E-state index contributed by atoms with van der Waals surface area (Å²) in [6, 6.07) is 75.1. The Bertz CT molecular complexity index is 3820. The Morgan fingerprint density at radius 3 is 1.06 bits per heavy atom. The molecular formula is C64H48N2O2. The first kappa shape index (κ1) is 40.0. The van der Waals surface area contributed by atoms with Crippen molar-refractivity contribution in [3.8, 4) is 0 Å². The van der Waals surface area contributed by atoms with E-state index in [1.54, 1.807) is 0 Å². The van der Waals surface area contributed by atoms with Crippen LogP contribution in [-0.4, -0.2) is 0 Å². The Hall–Kier alpha value is -8.34. The van der Waals surface area contributed by atoms with Gasteiger partial charge in [0.05, 0.1) is 11.4 Å². The predicted octanol–water partition coefficient (Wildman–Crippen LogP) is 19.3. The van der Waals surface area contributed by atoms with Gasteiger partial charge >= 0.3 is 0 Å². The predicted molar refractivity (Wildman–Crippen MR) is 289 cm³/mol. The largest absolute Gasteiger partial charge is 0.451 e. The van der Waals surface area contributed by atoms with Crippen molar-refractivity contribution in [2.45, 2.75) is 39.5 Å². The summed E-state index contributed by atoms with van der Waals surface area (Å²) in [4.78, 5) is 4.76. The number of benzene rings is 11. The number of nitrogens with zero attached hydrogens (tertiary/aromatic N) is 2. The van der Waals surface area contributed by atoms with E-state index >= 15 is 0 Å². The average molecular weight is 877 g/mol. The maximum Gasteiger partial charge on any atom is 0.178 e. The maximum atomic E-state index is 6.98. The highest BCUT2D eigenvalue weighted by atomic mass is 16.4. The van der Waals surface area contributed by atoms with Gasteiger partial charge in [-0.1, -0.05) is 137 Å². The molecule has 13 aromatic rings. The zero-order valence-electron chi connectivity index (χ0n) is 38.5. The molecule has 0 fully saturated rings. The molecule has 0 N–H and O–H groups in total. The number of anilines is 6. The molecule has 11 aromatic carbocycles. The van der Waals surface area contributed by atoms with Gasteiger partial charge in [0.25, 0.3) is 0 Å². The molecule has 0 radical (unpaired) electrons. The van der Waals surface area contributed by atoms with E-state index in [1.807, 2.05) is 0 Å². The fourth-order valence-electron chi connectivity index (χ4n) is 10.6. The molecule has 326 valence electrons. The van der Waals surface area contributed by atoms with Gasteiger partial charge in [0, 0.05) is 65.8 Å². The van der Waals surface area contributed by atoms with Crippen molar-refractivity contribution < 1.29 is 8.83 Å². The minimum absolute atomic E-state index is 0.451. The van der Waals surface area contributed by atoms with E-state index in [1.165, 1.54) is 32.7 Å². The fourth-order valence-corrected chi connectivity index (χ4v) is 10.6. The molecule has 0 saturated carbocycles. The summed E-state index contributed by atoms with van der Waals surface area (Å²) in [6.07, 6.45) is 0. The normalized spacial score (nSPS) is 12.1. The van der Waals surface area contributed by atoms with E-state index < -0.39 is 0 Å². The summed E-state index contributed by atoms with van der Waals surface area (Å²) in [5, 5.41) is 13.4. The van der Waals surface area contributed by atoms with Crippen molar-refractivity contribution in [3.63, 3.8) is 0 Å². The minimum Gasteiger partial charge on any atom is -0.451 e. The summed E-state index contributed by atoms with van der Waals surface area (Å²) in [5.41, 5.74) is 12.6. The molecular weight excluding hydrogens is 829 g/mol. The van der Waals surface area contributed by atoms with Crippen LogP contribution in [-0.2, 0) is 0 Å². The molecule has 4 nitrogen and oxygen atoms in total.